The smallest absolute Gasteiger partial charge is 0.301 e. The molecule has 2 heterocycles. The fourth-order valence-electron chi connectivity index (χ4n) is 2.49. The number of nitrogens with zero attached hydrogens (tertiary/aromatic N) is 3. The molecule has 0 aliphatic carbocycles. The molecule has 138 valence electrons. The summed E-state index contributed by atoms with van der Waals surface area (Å²) in [5.74, 6) is 2.32. The van der Waals surface area contributed by atoms with Gasteiger partial charge in [-0.15, -0.1) is 0 Å². The third-order valence-electron chi connectivity index (χ3n) is 3.75. The first-order chi connectivity index (χ1) is 12.6. The molecule has 0 saturated carbocycles. The largest absolute Gasteiger partial charge is 0.493 e. The summed E-state index contributed by atoms with van der Waals surface area (Å²) in [4.78, 5) is 17.3. The van der Waals surface area contributed by atoms with Gasteiger partial charge in [-0.3, -0.25) is 4.79 Å². The highest BCUT2D eigenvalue weighted by atomic mass is 32.2. The summed E-state index contributed by atoms with van der Waals surface area (Å²) in [7, 11) is 3.20. The number of hydrogen-bond donors (Lipinski definition) is 0. The molecule has 26 heavy (non-hydrogen) atoms. The van der Waals surface area contributed by atoms with Gasteiger partial charge in [0.2, 0.25) is 0 Å². The molecule has 1 aromatic carbocycles. The summed E-state index contributed by atoms with van der Waals surface area (Å²) in [6.07, 6.45) is 2.04. The minimum absolute atomic E-state index is 0.200. The van der Waals surface area contributed by atoms with Crippen molar-refractivity contribution in [1.29, 1.82) is 0 Å². The molecule has 2 aromatic heterocycles. The molecule has 7 nitrogen and oxygen atoms in total. The third-order valence-corrected chi connectivity index (χ3v) is 5.38. The minimum Gasteiger partial charge on any atom is -0.493 e. The van der Waals surface area contributed by atoms with Crippen LogP contribution >= 0.6 is 23.1 Å². The van der Waals surface area contributed by atoms with Gasteiger partial charge in [-0.2, -0.15) is 16.8 Å². The van der Waals surface area contributed by atoms with Crippen molar-refractivity contribution in [2.75, 3.05) is 26.2 Å². The number of thiazole rings is 1. The zero-order valence-corrected chi connectivity index (χ0v) is 16.6. The number of carbonyl (C=O) groups excluding carboxylic acids is 1. The average molecular weight is 393 g/mol. The summed E-state index contributed by atoms with van der Waals surface area (Å²) >= 11 is 3.15. The molecule has 3 rings (SSSR count). The van der Waals surface area contributed by atoms with Crippen molar-refractivity contribution >= 4 is 39.2 Å². The number of aryl methyl sites for hydroxylation is 2. The molecule has 0 fully saturated rings. The number of carbonyl (C=O) groups is 1. The van der Waals surface area contributed by atoms with Crippen LogP contribution in [-0.4, -0.2) is 41.9 Å². The molecule has 0 unspecified atom stereocenters. The molecule has 9 heteroatoms. The molecule has 1 amide bonds. The second-order valence-electron chi connectivity index (χ2n) is 5.44. The number of methoxy groups -OCH3 is 2. The van der Waals surface area contributed by atoms with Gasteiger partial charge in [0, 0.05) is 30.5 Å². The van der Waals surface area contributed by atoms with Crippen LogP contribution in [0.25, 0.3) is 10.2 Å². The quantitative estimate of drug-likeness (QED) is 0.640. The number of amides is 1. The lowest BCUT2D eigenvalue weighted by atomic mass is 10.3. The topological polar surface area (TPSA) is 78.9 Å². The van der Waals surface area contributed by atoms with Crippen LogP contribution in [0.15, 0.2) is 27.7 Å². The normalized spacial score (nSPS) is 11.9. The molecule has 0 aliphatic rings. The van der Waals surface area contributed by atoms with Crippen molar-refractivity contribution < 1.29 is 18.8 Å². The Labute approximate surface area is 158 Å². The molecule has 0 N–H and O–H groups in total. The van der Waals surface area contributed by atoms with Crippen LogP contribution in [0, 0.1) is 6.92 Å². The SMILES string of the molecule is COc1cc2sc(=NC(=O)c3cc(C)on3)n(CCSC)c2cc1OC. The van der Waals surface area contributed by atoms with Crippen molar-refractivity contribution in [3.63, 3.8) is 0 Å². The Kier molecular flexibility index (Phi) is 5.67. The van der Waals surface area contributed by atoms with E-state index in [9.17, 15) is 4.79 Å². The van der Waals surface area contributed by atoms with Crippen LogP contribution in [0.2, 0.25) is 0 Å². The first kappa shape index (κ1) is 18.5. The van der Waals surface area contributed by atoms with Crippen LogP contribution in [0.4, 0.5) is 0 Å². The van der Waals surface area contributed by atoms with E-state index >= 15 is 0 Å². The summed E-state index contributed by atoms with van der Waals surface area (Å²) in [6, 6.07) is 5.39. The Bertz CT molecular complexity index is 1000. The van der Waals surface area contributed by atoms with E-state index in [1.165, 1.54) is 11.3 Å². The minimum atomic E-state index is -0.426. The molecule has 0 bridgehead atoms. The Morgan fingerprint density at radius 1 is 1.31 bits per heavy atom. The Morgan fingerprint density at radius 2 is 2.04 bits per heavy atom. The standard InChI is InChI=1S/C17H19N3O4S2/c1-10-7-11(19-24-10)16(21)18-17-20(5-6-25-4)12-8-13(22-2)14(23-3)9-15(12)26-17/h7-9H,5-6H2,1-4H3. The first-order valence-electron chi connectivity index (χ1n) is 7.84. The van der Waals surface area contributed by atoms with Gasteiger partial charge < -0.3 is 18.6 Å². The number of rotatable bonds is 6. The molecule has 0 radical (unpaired) electrons. The van der Waals surface area contributed by atoms with Crippen molar-refractivity contribution in [2.24, 2.45) is 4.99 Å². The van der Waals surface area contributed by atoms with E-state index in [2.05, 4.69) is 10.1 Å². The van der Waals surface area contributed by atoms with Gasteiger partial charge in [0.05, 0.1) is 24.4 Å². The monoisotopic (exact) mass is 393 g/mol. The molecular formula is C17H19N3O4S2. The maximum atomic E-state index is 12.4. The van der Waals surface area contributed by atoms with E-state index in [0.29, 0.717) is 22.1 Å². The average Bonchev–Trinajstić information content (AvgIpc) is 3.21. The van der Waals surface area contributed by atoms with E-state index < -0.39 is 5.91 Å². The van der Waals surface area contributed by atoms with Crippen LogP contribution in [0.1, 0.15) is 16.2 Å². The molecule has 0 atom stereocenters. The maximum absolute atomic E-state index is 12.4. The highest BCUT2D eigenvalue weighted by Gasteiger charge is 2.15. The highest BCUT2D eigenvalue weighted by molar-refractivity contribution is 7.98. The van der Waals surface area contributed by atoms with E-state index in [1.54, 1.807) is 39.0 Å². The van der Waals surface area contributed by atoms with Gasteiger partial charge in [0.1, 0.15) is 5.76 Å². The van der Waals surface area contributed by atoms with Crippen LogP contribution < -0.4 is 14.3 Å². The predicted molar refractivity (Wildman–Crippen MR) is 102 cm³/mol. The molecule has 0 spiro atoms. The van der Waals surface area contributed by atoms with Gasteiger partial charge in [-0.1, -0.05) is 16.5 Å². The zero-order chi connectivity index (χ0) is 18.7. The van der Waals surface area contributed by atoms with Gasteiger partial charge >= 0.3 is 5.91 Å². The zero-order valence-electron chi connectivity index (χ0n) is 14.9. The van der Waals surface area contributed by atoms with Gasteiger partial charge in [-0.25, -0.2) is 0 Å². The van der Waals surface area contributed by atoms with Gasteiger partial charge in [0.15, 0.2) is 22.0 Å². The maximum Gasteiger partial charge on any atom is 0.301 e. The fraction of sp³-hybridized carbons (Fsp3) is 0.353. The Hall–Kier alpha value is -2.26. The lowest BCUT2D eigenvalue weighted by Gasteiger charge is -2.09. The molecule has 0 saturated heterocycles. The molecule has 3 aromatic rings. The lowest BCUT2D eigenvalue weighted by molar-refractivity contribution is 0.0989. The van der Waals surface area contributed by atoms with Gasteiger partial charge in [-0.05, 0) is 13.2 Å². The number of aromatic nitrogens is 2. The summed E-state index contributed by atoms with van der Waals surface area (Å²) < 4.78 is 18.7. The lowest BCUT2D eigenvalue weighted by Crippen LogP contribution is -2.18. The van der Waals surface area contributed by atoms with Crippen LogP contribution in [0.5, 0.6) is 11.5 Å². The van der Waals surface area contributed by atoms with E-state index in [-0.39, 0.29) is 5.69 Å². The third kappa shape index (κ3) is 3.63. The molecule has 0 aliphatic heterocycles. The van der Waals surface area contributed by atoms with Crippen molar-refractivity contribution in [3.05, 3.63) is 34.5 Å². The number of hydrogen-bond acceptors (Lipinski definition) is 7. The summed E-state index contributed by atoms with van der Waals surface area (Å²) in [5, 5.41) is 3.75. The van der Waals surface area contributed by atoms with Gasteiger partial charge in [0.25, 0.3) is 0 Å². The van der Waals surface area contributed by atoms with Crippen molar-refractivity contribution in [3.8, 4) is 11.5 Å². The van der Waals surface area contributed by atoms with Crippen molar-refractivity contribution in [2.45, 2.75) is 13.5 Å². The number of thioether (sulfide) groups is 1. The number of benzene rings is 1. The highest BCUT2D eigenvalue weighted by Crippen LogP contribution is 2.33. The first-order valence-corrected chi connectivity index (χ1v) is 10.0. The second kappa shape index (κ2) is 7.96. The van der Waals surface area contributed by atoms with E-state index in [0.717, 1.165) is 22.5 Å². The number of ether oxygens (including phenoxy) is 2. The van der Waals surface area contributed by atoms with E-state index in [4.69, 9.17) is 14.0 Å². The Morgan fingerprint density at radius 3 is 2.65 bits per heavy atom. The fourth-order valence-corrected chi connectivity index (χ4v) is 3.92. The van der Waals surface area contributed by atoms with Crippen LogP contribution in [0.3, 0.4) is 0 Å². The van der Waals surface area contributed by atoms with Crippen LogP contribution in [-0.2, 0) is 6.54 Å². The second-order valence-corrected chi connectivity index (χ2v) is 7.44. The van der Waals surface area contributed by atoms with Crippen molar-refractivity contribution in [1.82, 2.24) is 9.72 Å². The summed E-state index contributed by atoms with van der Waals surface area (Å²) in [6.45, 7) is 2.46. The molecular weight excluding hydrogens is 374 g/mol. The predicted octanol–water partition coefficient (Wildman–Crippen LogP) is 3.12. The Balaban J connectivity index is 2.16. The van der Waals surface area contributed by atoms with E-state index in [1.807, 2.05) is 23.0 Å². The summed E-state index contributed by atoms with van der Waals surface area (Å²) in [5.41, 5.74) is 1.15. The number of fused-ring (bicyclic) bond motifs is 1.